The highest BCUT2D eigenvalue weighted by Crippen LogP contribution is 2.13. The number of ketones is 1. The topological polar surface area (TPSA) is 37.3 Å². The van der Waals surface area contributed by atoms with Crippen LogP contribution < -0.4 is 0 Å². The first-order chi connectivity index (χ1) is 10.1. The van der Waals surface area contributed by atoms with Crippen LogP contribution in [0.2, 0.25) is 0 Å². The number of hydrogen-bond acceptors (Lipinski definition) is 2. The normalized spacial score (nSPS) is 12.5. The van der Waals surface area contributed by atoms with Crippen LogP contribution in [0.25, 0.3) is 0 Å². The van der Waals surface area contributed by atoms with Gasteiger partial charge >= 0.3 is 0 Å². The van der Waals surface area contributed by atoms with Gasteiger partial charge in [0.25, 0.3) is 0 Å². The van der Waals surface area contributed by atoms with Crippen LogP contribution in [0.1, 0.15) is 110 Å². The van der Waals surface area contributed by atoms with Gasteiger partial charge in [-0.15, -0.1) is 0 Å². The lowest BCUT2D eigenvalue weighted by Gasteiger charge is -2.04. The average molecular weight is 299 g/mol. The molecule has 0 fully saturated rings. The van der Waals surface area contributed by atoms with Crippen molar-refractivity contribution < 1.29 is 9.90 Å². The van der Waals surface area contributed by atoms with Crippen molar-refractivity contribution in [3.8, 4) is 0 Å². The first-order valence-corrected chi connectivity index (χ1v) is 9.30. The molecule has 21 heavy (non-hydrogen) atoms. The van der Waals surface area contributed by atoms with E-state index < -0.39 is 0 Å². The maximum atomic E-state index is 10.8. The van der Waals surface area contributed by atoms with E-state index in [1.807, 2.05) is 6.92 Å². The van der Waals surface area contributed by atoms with Crippen molar-refractivity contribution in [2.75, 3.05) is 0 Å². The second kappa shape index (κ2) is 16.0. The van der Waals surface area contributed by atoms with Gasteiger partial charge in [-0.05, 0) is 26.7 Å². The van der Waals surface area contributed by atoms with Gasteiger partial charge in [0.15, 0.2) is 0 Å². The highest BCUT2D eigenvalue weighted by atomic mass is 16.3. The minimum atomic E-state index is -0.118. The van der Waals surface area contributed by atoms with Crippen LogP contribution in [0.4, 0.5) is 0 Å². The Balaban J connectivity index is 2.98. The van der Waals surface area contributed by atoms with Crippen LogP contribution in [0.3, 0.4) is 0 Å². The van der Waals surface area contributed by atoms with Crippen molar-refractivity contribution in [3.05, 3.63) is 0 Å². The Hall–Kier alpha value is -0.370. The monoisotopic (exact) mass is 298 g/mol. The van der Waals surface area contributed by atoms with E-state index in [-0.39, 0.29) is 6.10 Å². The predicted molar refractivity (Wildman–Crippen MR) is 91.6 cm³/mol. The SMILES string of the molecule is CC(=O)CCCCCCCCCCCCCCCC(C)O. The number of aliphatic hydroxyl groups is 1. The van der Waals surface area contributed by atoms with E-state index in [4.69, 9.17) is 5.11 Å². The molecule has 0 rings (SSSR count). The Morgan fingerprint density at radius 1 is 0.714 bits per heavy atom. The summed E-state index contributed by atoms with van der Waals surface area (Å²) in [6.07, 6.45) is 18.7. The second-order valence-electron chi connectivity index (χ2n) is 6.69. The molecule has 0 heterocycles. The molecule has 1 N–H and O–H groups in total. The Bertz CT molecular complexity index is 224. The minimum absolute atomic E-state index is 0.118. The third-order valence-electron chi connectivity index (χ3n) is 4.15. The summed E-state index contributed by atoms with van der Waals surface area (Å²) in [7, 11) is 0. The lowest BCUT2D eigenvalue weighted by Crippen LogP contribution is -1.98. The molecule has 2 nitrogen and oxygen atoms in total. The van der Waals surface area contributed by atoms with E-state index in [2.05, 4.69) is 0 Å². The third kappa shape index (κ3) is 19.6. The molecule has 0 bridgehead atoms. The fourth-order valence-corrected chi connectivity index (χ4v) is 2.76. The molecule has 126 valence electrons. The van der Waals surface area contributed by atoms with E-state index >= 15 is 0 Å². The molecule has 1 unspecified atom stereocenters. The van der Waals surface area contributed by atoms with Crippen molar-refractivity contribution >= 4 is 5.78 Å². The average Bonchev–Trinajstić information content (AvgIpc) is 2.42. The summed E-state index contributed by atoms with van der Waals surface area (Å²) in [5, 5.41) is 9.15. The van der Waals surface area contributed by atoms with Gasteiger partial charge in [-0.2, -0.15) is 0 Å². The van der Waals surface area contributed by atoms with Crippen LogP contribution in [0.5, 0.6) is 0 Å². The smallest absolute Gasteiger partial charge is 0.129 e. The lowest BCUT2D eigenvalue weighted by atomic mass is 10.0. The van der Waals surface area contributed by atoms with Gasteiger partial charge in [0, 0.05) is 6.42 Å². The zero-order valence-corrected chi connectivity index (χ0v) is 14.5. The van der Waals surface area contributed by atoms with Crippen LogP contribution in [-0.4, -0.2) is 17.0 Å². The summed E-state index contributed by atoms with van der Waals surface area (Å²) in [6, 6.07) is 0. The van der Waals surface area contributed by atoms with Crippen LogP contribution in [-0.2, 0) is 4.79 Å². The number of aliphatic hydroxyl groups excluding tert-OH is 1. The van der Waals surface area contributed by atoms with Crippen LogP contribution in [0, 0.1) is 0 Å². The summed E-state index contributed by atoms with van der Waals surface area (Å²) >= 11 is 0. The molecule has 0 amide bonds. The van der Waals surface area contributed by atoms with Crippen molar-refractivity contribution in [2.45, 2.75) is 116 Å². The number of unbranched alkanes of at least 4 members (excludes halogenated alkanes) is 12. The zero-order valence-electron chi connectivity index (χ0n) is 14.5. The highest BCUT2D eigenvalue weighted by molar-refractivity contribution is 5.75. The van der Waals surface area contributed by atoms with E-state index in [0.717, 1.165) is 19.3 Å². The Labute approximate surface area is 132 Å². The van der Waals surface area contributed by atoms with Crippen molar-refractivity contribution in [2.24, 2.45) is 0 Å². The fourth-order valence-electron chi connectivity index (χ4n) is 2.76. The van der Waals surface area contributed by atoms with Gasteiger partial charge in [0.05, 0.1) is 6.10 Å². The Morgan fingerprint density at radius 2 is 1.05 bits per heavy atom. The predicted octanol–water partition coefficient (Wildman–Crippen LogP) is 5.81. The van der Waals surface area contributed by atoms with Crippen molar-refractivity contribution in [1.82, 2.24) is 0 Å². The molecule has 1 atom stereocenters. The molecule has 0 aliphatic carbocycles. The van der Waals surface area contributed by atoms with E-state index in [1.54, 1.807) is 6.92 Å². The molecule has 0 radical (unpaired) electrons. The molecule has 0 saturated carbocycles. The maximum Gasteiger partial charge on any atom is 0.129 e. The van der Waals surface area contributed by atoms with Gasteiger partial charge in [0.1, 0.15) is 5.78 Å². The van der Waals surface area contributed by atoms with Crippen molar-refractivity contribution in [1.29, 1.82) is 0 Å². The van der Waals surface area contributed by atoms with Gasteiger partial charge in [-0.25, -0.2) is 0 Å². The number of Topliss-reactive ketones (excluding diaryl/α,β-unsaturated/α-hetero) is 1. The van der Waals surface area contributed by atoms with Gasteiger partial charge < -0.3 is 9.90 Å². The molecular weight excluding hydrogens is 260 g/mol. The summed E-state index contributed by atoms with van der Waals surface area (Å²) in [6.45, 7) is 3.57. The first kappa shape index (κ1) is 20.6. The van der Waals surface area contributed by atoms with Crippen LogP contribution >= 0.6 is 0 Å². The maximum absolute atomic E-state index is 10.8. The number of hydrogen-bond donors (Lipinski definition) is 1. The fraction of sp³-hybridized carbons (Fsp3) is 0.947. The molecule has 0 aliphatic rings. The molecule has 0 spiro atoms. The van der Waals surface area contributed by atoms with Gasteiger partial charge in [-0.3, -0.25) is 0 Å². The Kier molecular flexibility index (Phi) is 15.7. The summed E-state index contributed by atoms with van der Waals surface area (Å²) in [5.41, 5.74) is 0. The van der Waals surface area contributed by atoms with Crippen LogP contribution in [0.15, 0.2) is 0 Å². The molecule has 2 heteroatoms. The molecule has 0 aliphatic heterocycles. The van der Waals surface area contributed by atoms with Gasteiger partial charge in [-0.1, -0.05) is 77.0 Å². The molecule has 0 aromatic carbocycles. The number of rotatable bonds is 16. The third-order valence-corrected chi connectivity index (χ3v) is 4.15. The standard InChI is InChI=1S/C19H38O2/c1-18(20)16-14-12-10-8-6-4-3-5-7-9-11-13-15-17-19(2)21/h18,20H,3-17H2,1-2H3. The minimum Gasteiger partial charge on any atom is -0.393 e. The molecular formula is C19H38O2. The van der Waals surface area contributed by atoms with Crippen molar-refractivity contribution in [3.63, 3.8) is 0 Å². The summed E-state index contributed by atoms with van der Waals surface area (Å²) in [5.74, 6) is 0.334. The Morgan fingerprint density at radius 3 is 1.38 bits per heavy atom. The zero-order chi connectivity index (χ0) is 15.8. The second-order valence-corrected chi connectivity index (χ2v) is 6.69. The summed E-state index contributed by atoms with van der Waals surface area (Å²) < 4.78 is 0. The van der Waals surface area contributed by atoms with E-state index in [1.165, 1.54) is 77.0 Å². The first-order valence-electron chi connectivity index (χ1n) is 9.30. The summed E-state index contributed by atoms with van der Waals surface area (Å²) in [4.78, 5) is 10.8. The largest absolute Gasteiger partial charge is 0.393 e. The quantitative estimate of drug-likeness (QED) is 0.365. The van der Waals surface area contributed by atoms with E-state index in [0.29, 0.717) is 5.78 Å². The molecule has 0 saturated heterocycles. The highest BCUT2D eigenvalue weighted by Gasteiger charge is 1.97. The molecule has 0 aromatic heterocycles. The number of carbonyl (C=O) groups excluding carboxylic acids is 1. The van der Waals surface area contributed by atoms with Gasteiger partial charge in [0.2, 0.25) is 0 Å². The lowest BCUT2D eigenvalue weighted by molar-refractivity contribution is -0.117. The van der Waals surface area contributed by atoms with E-state index in [9.17, 15) is 4.79 Å². The number of carbonyl (C=O) groups is 1. The molecule has 0 aromatic rings.